The third-order valence-electron chi connectivity index (χ3n) is 11.1. The Morgan fingerprint density at radius 2 is 1.04 bits per heavy atom. The number of benzene rings is 9. The summed E-state index contributed by atoms with van der Waals surface area (Å²) in [5.41, 5.74) is 9.09. The van der Waals surface area contributed by atoms with Gasteiger partial charge in [-0.3, -0.25) is 0 Å². The first-order chi connectivity index (χ1) is 26.8. The van der Waals surface area contributed by atoms with E-state index in [1.54, 1.807) is 0 Å². The highest BCUT2D eigenvalue weighted by Crippen LogP contribution is 2.50. The average Bonchev–Trinajstić information content (AvgIpc) is 3.93. The topological polar surface area (TPSA) is 29.5 Å². The van der Waals surface area contributed by atoms with E-state index >= 15 is 0 Å². The summed E-state index contributed by atoms with van der Waals surface area (Å²) in [5, 5.41) is 11.7. The third kappa shape index (κ3) is 4.23. The first-order valence-corrected chi connectivity index (χ1v) is 19.1. The maximum Gasteiger partial charge on any atom is 0.159 e. The summed E-state index contributed by atoms with van der Waals surface area (Å²) in [6, 6.07) is 62.9. The van der Waals surface area contributed by atoms with Gasteiger partial charge in [-0.2, -0.15) is 0 Å². The second-order valence-corrected chi connectivity index (χ2v) is 15.1. The number of thiophene rings is 1. The van der Waals surface area contributed by atoms with Crippen molar-refractivity contribution in [2.24, 2.45) is 0 Å². The molecule has 54 heavy (non-hydrogen) atoms. The summed E-state index contributed by atoms with van der Waals surface area (Å²) in [5.74, 6) is 0. The molecule has 0 radical (unpaired) electrons. The smallest absolute Gasteiger partial charge is 0.159 e. The highest BCUT2D eigenvalue weighted by atomic mass is 32.1. The maximum atomic E-state index is 6.73. The van der Waals surface area contributed by atoms with Crippen LogP contribution in [0, 0.1) is 0 Å². The van der Waals surface area contributed by atoms with Crippen LogP contribution in [0.4, 0.5) is 17.1 Å². The fraction of sp³-hybridized carbons (Fsp3) is 0. The van der Waals surface area contributed by atoms with E-state index in [-0.39, 0.29) is 0 Å². The highest BCUT2D eigenvalue weighted by molar-refractivity contribution is 7.26. The van der Waals surface area contributed by atoms with Gasteiger partial charge in [0.1, 0.15) is 16.7 Å². The SMILES string of the molecule is c1ccc2c(-c3ccc(N(c4cccc5c4oc4ccccc45)c4cccc5sc6ccc7oc8c9ccccc9ccc8c7c6c45)cc3)cccc2c1. The van der Waals surface area contributed by atoms with E-state index in [9.17, 15) is 0 Å². The molecule has 9 aromatic carbocycles. The van der Waals surface area contributed by atoms with Gasteiger partial charge < -0.3 is 13.7 Å². The van der Waals surface area contributed by atoms with E-state index in [1.807, 2.05) is 17.4 Å². The molecule has 0 atom stereocenters. The van der Waals surface area contributed by atoms with Gasteiger partial charge in [-0.15, -0.1) is 11.3 Å². The van der Waals surface area contributed by atoms with E-state index in [2.05, 4.69) is 175 Å². The third-order valence-corrected chi connectivity index (χ3v) is 12.2. The number of nitrogens with zero attached hydrogens (tertiary/aromatic N) is 1. The zero-order valence-electron chi connectivity index (χ0n) is 28.9. The van der Waals surface area contributed by atoms with Crippen LogP contribution in [0.3, 0.4) is 0 Å². The normalized spacial score (nSPS) is 12.1. The number of furan rings is 2. The van der Waals surface area contributed by atoms with Gasteiger partial charge in [0.15, 0.2) is 5.58 Å². The highest BCUT2D eigenvalue weighted by Gasteiger charge is 2.25. The lowest BCUT2D eigenvalue weighted by Gasteiger charge is -2.27. The molecule has 12 aromatic rings. The molecular formula is C50H29NO2S. The minimum Gasteiger partial charge on any atom is -0.455 e. The summed E-state index contributed by atoms with van der Waals surface area (Å²) < 4.78 is 15.9. The first kappa shape index (κ1) is 29.7. The predicted molar refractivity (Wildman–Crippen MR) is 229 cm³/mol. The number of hydrogen-bond acceptors (Lipinski definition) is 4. The Balaban J connectivity index is 1.16. The van der Waals surface area contributed by atoms with Crippen molar-refractivity contribution in [2.75, 3.05) is 4.90 Å². The van der Waals surface area contributed by atoms with Gasteiger partial charge in [0.25, 0.3) is 0 Å². The molecule has 0 aliphatic heterocycles. The lowest BCUT2D eigenvalue weighted by Crippen LogP contribution is -2.10. The van der Waals surface area contributed by atoms with Crippen LogP contribution in [0.2, 0.25) is 0 Å². The second-order valence-electron chi connectivity index (χ2n) is 14.0. The molecule has 3 nitrogen and oxygen atoms in total. The largest absolute Gasteiger partial charge is 0.455 e. The molecule has 3 aromatic heterocycles. The van der Waals surface area contributed by atoms with Gasteiger partial charge in [0.2, 0.25) is 0 Å². The van der Waals surface area contributed by atoms with Crippen LogP contribution in [-0.4, -0.2) is 0 Å². The monoisotopic (exact) mass is 707 g/mol. The molecule has 0 amide bonds. The quantitative estimate of drug-likeness (QED) is 0.182. The molecule has 3 heterocycles. The van der Waals surface area contributed by atoms with Crippen molar-refractivity contribution in [3.05, 3.63) is 176 Å². The van der Waals surface area contributed by atoms with Crippen LogP contribution in [0.25, 0.3) is 96.7 Å². The zero-order valence-corrected chi connectivity index (χ0v) is 29.7. The van der Waals surface area contributed by atoms with Crippen LogP contribution in [-0.2, 0) is 0 Å². The Morgan fingerprint density at radius 1 is 0.370 bits per heavy atom. The molecule has 0 saturated heterocycles. The van der Waals surface area contributed by atoms with Crippen LogP contribution in [0.5, 0.6) is 0 Å². The lowest BCUT2D eigenvalue weighted by atomic mass is 9.98. The maximum absolute atomic E-state index is 6.73. The Kier molecular flexibility index (Phi) is 6.21. The van der Waals surface area contributed by atoms with Gasteiger partial charge in [-0.1, -0.05) is 121 Å². The molecule has 0 N–H and O–H groups in total. The molecule has 0 unspecified atom stereocenters. The molecule has 0 aliphatic carbocycles. The van der Waals surface area contributed by atoms with Crippen LogP contribution in [0.1, 0.15) is 0 Å². The summed E-state index contributed by atoms with van der Waals surface area (Å²) in [7, 11) is 0. The van der Waals surface area contributed by atoms with Crippen molar-refractivity contribution >= 4 is 114 Å². The molecular weight excluding hydrogens is 679 g/mol. The zero-order chi connectivity index (χ0) is 35.3. The van der Waals surface area contributed by atoms with Crippen LogP contribution < -0.4 is 4.90 Å². The van der Waals surface area contributed by atoms with E-state index in [0.29, 0.717) is 0 Å². The van der Waals surface area contributed by atoms with Gasteiger partial charge in [-0.05, 0) is 81.9 Å². The summed E-state index contributed by atoms with van der Waals surface area (Å²) in [6.07, 6.45) is 0. The average molecular weight is 708 g/mol. The van der Waals surface area contributed by atoms with Crippen molar-refractivity contribution in [1.29, 1.82) is 0 Å². The van der Waals surface area contributed by atoms with Gasteiger partial charge in [-0.25, -0.2) is 0 Å². The molecule has 0 bridgehead atoms. The van der Waals surface area contributed by atoms with Crippen LogP contribution >= 0.6 is 11.3 Å². The molecule has 12 rings (SSSR count). The number of fused-ring (bicyclic) bond motifs is 13. The van der Waals surface area contributed by atoms with Crippen molar-refractivity contribution in [3.63, 3.8) is 0 Å². The minimum atomic E-state index is 0.860. The van der Waals surface area contributed by atoms with Crippen molar-refractivity contribution < 1.29 is 8.83 Å². The molecule has 4 heteroatoms. The summed E-state index contributed by atoms with van der Waals surface area (Å²) in [4.78, 5) is 2.39. The number of para-hydroxylation sites is 2. The van der Waals surface area contributed by atoms with Crippen LogP contribution in [0.15, 0.2) is 185 Å². The lowest BCUT2D eigenvalue weighted by molar-refractivity contribution is 0.669. The fourth-order valence-electron chi connectivity index (χ4n) is 8.65. The molecule has 0 saturated carbocycles. The van der Waals surface area contributed by atoms with E-state index in [0.717, 1.165) is 66.3 Å². The Hall–Kier alpha value is -6.88. The fourth-order valence-corrected chi connectivity index (χ4v) is 9.79. The van der Waals surface area contributed by atoms with Gasteiger partial charge >= 0.3 is 0 Å². The second kappa shape index (κ2) is 11.3. The van der Waals surface area contributed by atoms with E-state index in [1.165, 1.54) is 47.5 Å². The van der Waals surface area contributed by atoms with E-state index in [4.69, 9.17) is 8.83 Å². The standard InChI is InChI=1S/C50H29NO2S/c1-3-13-34-30(10-1)12-7-16-35(34)32-22-25-33(26-23-32)51(41-19-8-17-38-37-15-5-6-20-42(37)52-50(38)41)40-18-9-21-44-47(40)48-45(54-44)29-28-43-46(48)39-27-24-31-11-2-4-14-36(31)49(39)53-43/h1-29H. The van der Waals surface area contributed by atoms with Crippen molar-refractivity contribution in [1.82, 2.24) is 0 Å². The summed E-state index contributed by atoms with van der Waals surface area (Å²) in [6.45, 7) is 0. The number of hydrogen-bond donors (Lipinski definition) is 0. The van der Waals surface area contributed by atoms with Crippen molar-refractivity contribution in [2.45, 2.75) is 0 Å². The summed E-state index contributed by atoms with van der Waals surface area (Å²) >= 11 is 1.83. The Bertz CT molecular complexity index is 3450. The van der Waals surface area contributed by atoms with Crippen molar-refractivity contribution in [3.8, 4) is 11.1 Å². The molecule has 0 fully saturated rings. The van der Waals surface area contributed by atoms with E-state index < -0.39 is 0 Å². The minimum absolute atomic E-state index is 0.860. The molecule has 252 valence electrons. The number of anilines is 3. The molecule has 0 aliphatic rings. The van der Waals surface area contributed by atoms with Gasteiger partial charge in [0, 0.05) is 52.8 Å². The predicted octanol–water partition coefficient (Wildman–Crippen LogP) is 15.3. The number of rotatable bonds is 4. The Labute approximate surface area is 313 Å². The van der Waals surface area contributed by atoms with Gasteiger partial charge in [0.05, 0.1) is 11.4 Å². The first-order valence-electron chi connectivity index (χ1n) is 18.3. The molecule has 0 spiro atoms. The Morgan fingerprint density at radius 3 is 1.93 bits per heavy atom.